The van der Waals surface area contributed by atoms with Crippen LogP contribution in [-0.2, 0) is 9.47 Å². The highest BCUT2D eigenvalue weighted by Gasteiger charge is 2.27. The third kappa shape index (κ3) is 4.37. The fourth-order valence-electron chi connectivity index (χ4n) is 1.31. The van der Waals surface area contributed by atoms with E-state index in [2.05, 4.69) is 5.32 Å². The maximum absolute atomic E-state index is 9.06. The highest BCUT2D eigenvalue weighted by molar-refractivity contribution is 4.73. The molecule has 1 atom stereocenters. The molecule has 1 saturated heterocycles. The number of aliphatic hydroxyl groups is 1. The van der Waals surface area contributed by atoms with Gasteiger partial charge in [-0.2, -0.15) is 0 Å². The summed E-state index contributed by atoms with van der Waals surface area (Å²) in [5.74, 6) is -0.442. The van der Waals surface area contributed by atoms with Gasteiger partial charge in [-0.1, -0.05) is 0 Å². The standard InChI is InChI=1S/C10H21NO3/c1-8(12)4-5-11-9-6-13-10(2,3)14-7-9/h8-9,11-12H,4-7H2,1-3H3. The summed E-state index contributed by atoms with van der Waals surface area (Å²) in [6, 6.07) is 0.252. The van der Waals surface area contributed by atoms with Crippen molar-refractivity contribution < 1.29 is 14.6 Å². The lowest BCUT2D eigenvalue weighted by atomic mass is 10.2. The van der Waals surface area contributed by atoms with Crippen LogP contribution in [0.25, 0.3) is 0 Å². The summed E-state index contributed by atoms with van der Waals surface area (Å²) in [5, 5.41) is 12.3. The summed E-state index contributed by atoms with van der Waals surface area (Å²) in [5.41, 5.74) is 0. The molecule has 0 amide bonds. The van der Waals surface area contributed by atoms with E-state index in [0.717, 1.165) is 13.0 Å². The molecule has 0 saturated carbocycles. The number of hydrogen-bond acceptors (Lipinski definition) is 4. The van der Waals surface area contributed by atoms with Crippen molar-refractivity contribution in [3.8, 4) is 0 Å². The summed E-state index contributed by atoms with van der Waals surface area (Å²) in [4.78, 5) is 0. The van der Waals surface area contributed by atoms with Gasteiger partial charge in [0.15, 0.2) is 5.79 Å². The molecule has 1 aliphatic heterocycles. The number of nitrogens with one attached hydrogen (secondary N) is 1. The Hall–Kier alpha value is -0.160. The molecular formula is C10H21NO3. The van der Waals surface area contributed by atoms with Crippen molar-refractivity contribution in [1.29, 1.82) is 0 Å². The third-order valence-corrected chi connectivity index (χ3v) is 2.26. The molecule has 2 N–H and O–H groups in total. The summed E-state index contributed by atoms with van der Waals surface area (Å²) >= 11 is 0. The first kappa shape index (κ1) is 11.9. The Morgan fingerprint density at radius 2 is 2.00 bits per heavy atom. The van der Waals surface area contributed by atoms with Crippen LogP contribution >= 0.6 is 0 Å². The molecule has 4 heteroatoms. The molecule has 4 nitrogen and oxygen atoms in total. The quantitative estimate of drug-likeness (QED) is 0.698. The van der Waals surface area contributed by atoms with E-state index in [4.69, 9.17) is 14.6 Å². The number of ether oxygens (including phenoxy) is 2. The van der Waals surface area contributed by atoms with E-state index in [-0.39, 0.29) is 12.1 Å². The molecule has 1 fully saturated rings. The van der Waals surface area contributed by atoms with E-state index in [1.54, 1.807) is 6.92 Å². The topological polar surface area (TPSA) is 50.7 Å². The molecule has 0 bridgehead atoms. The minimum atomic E-state index is -0.442. The average molecular weight is 203 g/mol. The second kappa shape index (κ2) is 5.07. The third-order valence-electron chi connectivity index (χ3n) is 2.26. The zero-order valence-electron chi connectivity index (χ0n) is 9.25. The Morgan fingerprint density at radius 1 is 1.43 bits per heavy atom. The lowest BCUT2D eigenvalue weighted by Gasteiger charge is -2.35. The van der Waals surface area contributed by atoms with E-state index in [9.17, 15) is 0 Å². The fraction of sp³-hybridized carbons (Fsp3) is 1.00. The lowest BCUT2D eigenvalue weighted by molar-refractivity contribution is -0.252. The maximum atomic E-state index is 9.06. The molecule has 0 aromatic rings. The van der Waals surface area contributed by atoms with Crippen LogP contribution in [0.4, 0.5) is 0 Å². The minimum Gasteiger partial charge on any atom is -0.393 e. The molecule has 0 aromatic carbocycles. The van der Waals surface area contributed by atoms with E-state index in [1.807, 2.05) is 13.8 Å². The van der Waals surface area contributed by atoms with Crippen LogP contribution in [-0.4, -0.2) is 42.8 Å². The second-order valence-electron chi connectivity index (χ2n) is 4.31. The molecule has 0 spiro atoms. The van der Waals surface area contributed by atoms with Gasteiger partial charge in [0.25, 0.3) is 0 Å². The van der Waals surface area contributed by atoms with Crippen molar-refractivity contribution in [2.24, 2.45) is 0 Å². The molecule has 0 aromatic heterocycles. The Morgan fingerprint density at radius 3 is 2.50 bits per heavy atom. The summed E-state index contributed by atoms with van der Waals surface area (Å²) in [7, 11) is 0. The van der Waals surface area contributed by atoms with Gasteiger partial charge in [0.05, 0.1) is 25.4 Å². The van der Waals surface area contributed by atoms with Gasteiger partial charge in [0, 0.05) is 0 Å². The molecule has 0 radical (unpaired) electrons. The summed E-state index contributed by atoms with van der Waals surface area (Å²) in [6.45, 7) is 7.77. The summed E-state index contributed by atoms with van der Waals surface area (Å²) < 4.78 is 11.0. The largest absolute Gasteiger partial charge is 0.393 e. The Balaban J connectivity index is 2.10. The molecule has 1 rings (SSSR count). The molecule has 14 heavy (non-hydrogen) atoms. The van der Waals surface area contributed by atoms with Gasteiger partial charge in [0.1, 0.15) is 0 Å². The first-order valence-electron chi connectivity index (χ1n) is 5.19. The van der Waals surface area contributed by atoms with Gasteiger partial charge < -0.3 is 19.9 Å². The van der Waals surface area contributed by atoms with Crippen molar-refractivity contribution in [3.63, 3.8) is 0 Å². The van der Waals surface area contributed by atoms with Crippen molar-refractivity contribution in [2.45, 2.75) is 45.1 Å². The molecular weight excluding hydrogens is 182 g/mol. The molecule has 1 heterocycles. The molecule has 0 aliphatic carbocycles. The predicted molar refractivity (Wildman–Crippen MR) is 54.1 cm³/mol. The lowest BCUT2D eigenvalue weighted by Crippen LogP contribution is -2.48. The second-order valence-corrected chi connectivity index (χ2v) is 4.31. The highest BCUT2D eigenvalue weighted by Crippen LogP contribution is 2.16. The normalized spacial score (nSPS) is 24.9. The first-order chi connectivity index (χ1) is 6.49. The Kier molecular flexibility index (Phi) is 4.31. The van der Waals surface area contributed by atoms with Crippen LogP contribution in [0.2, 0.25) is 0 Å². The van der Waals surface area contributed by atoms with E-state index in [0.29, 0.717) is 13.2 Å². The van der Waals surface area contributed by atoms with E-state index >= 15 is 0 Å². The van der Waals surface area contributed by atoms with Crippen molar-refractivity contribution in [1.82, 2.24) is 5.32 Å². The Labute approximate surface area is 85.6 Å². The zero-order chi connectivity index (χ0) is 10.6. The smallest absolute Gasteiger partial charge is 0.162 e. The van der Waals surface area contributed by atoms with Gasteiger partial charge in [-0.05, 0) is 33.7 Å². The zero-order valence-corrected chi connectivity index (χ0v) is 9.25. The molecule has 1 aliphatic rings. The minimum absolute atomic E-state index is 0.246. The van der Waals surface area contributed by atoms with Gasteiger partial charge in [0.2, 0.25) is 0 Å². The number of aliphatic hydroxyl groups excluding tert-OH is 1. The maximum Gasteiger partial charge on any atom is 0.162 e. The van der Waals surface area contributed by atoms with Crippen LogP contribution < -0.4 is 5.32 Å². The fourth-order valence-corrected chi connectivity index (χ4v) is 1.31. The van der Waals surface area contributed by atoms with Crippen molar-refractivity contribution >= 4 is 0 Å². The van der Waals surface area contributed by atoms with E-state index < -0.39 is 5.79 Å². The van der Waals surface area contributed by atoms with Crippen molar-refractivity contribution in [2.75, 3.05) is 19.8 Å². The van der Waals surface area contributed by atoms with Crippen LogP contribution in [0.15, 0.2) is 0 Å². The van der Waals surface area contributed by atoms with E-state index in [1.165, 1.54) is 0 Å². The monoisotopic (exact) mass is 203 g/mol. The van der Waals surface area contributed by atoms with Crippen LogP contribution in [0.5, 0.6) is 0 Å². The first-order valence-corrected chi connectivity index (χ1v) is 5.19. The Bertz CT molecular complexity index is 161. The van der Waals surface area contributed by atoms with Gasteiger partial charge in [-0.25, -0.2) is 0 Å². The van der Waals surface area contributed by atoms with Gasteiger partial charge in [-0.15, -0.1) is 0 Å². The van der Waals surface area contributed by atoms with Crippen LogP contribution in [0.3, 0.4) is 0 Å². The highest BCUT2D eigenvalue weighted by atomic mass is 16.7. The average Bonchev–Trinajstić information content (AvgIpc) is 2.07. The number of hydrogen-bond donors (Lipinski definition) is 2. The SMILES string of the molecule is CC(O)CCNC1COC(C)(C)OC1. The molecule has 84 valence electrons. The predicted octanol–water partition coefficient (Wildman–Crippen LogP) is 0.498. The van der Waals surface area contributed by atoms with Gasteiger partial charge in [-0.3, -0.25) is 0 Å². The van der Waals surface area contributed by atoms with Crippen LogP contribution in [0.1, 0.15) is 27.2 Å². The number of rotatable bonds is 4. The van der Waals surface area contributed by atoms with Gasteiger partial charge >= 0.3 is 0 Å². The van der Waals surface area contributed by atoms with Crippen LogP contribution in [0, 0.1) is 0 Å². The molecule has 1 unspecified atom stereocenters. The van der Waals surface area contributed by atoms with Crippen molar-refractivity contribution in [3.05, 3.63) is 0 Å². The summed E-state index contributed by atoms with van der Waals surface area (Å²) in [6.07, 6.45) is 0.518.